The van der Waals surface area contributed by atoms with Crippen LogP contribution in [0.4, 0.5) is 5.82 Å². The smallest absolute Gasteiger partial charge is 0.256 e. The number of aromatic nitrogens is 1. The van der Waals surface area contributed by atoms with Crippen LogP contribution in [0, 0.1) is 0 Å². The second-order valence-corrected chi connectivity index (χ2v) is 4.42. The van der Waals surface area contributed by atoms with Crippen molar-refractivity contribution in [1.29, 1.82) is 0 Å². The van der Waals surface area contributed by atoms with E-state index in [2.05, 4.69) is 4.98 Å². The fraction of sp³-hybridized carbons (Fsp3) is 0.500. The number of hydrogen-bond donors (Lipinski definition) is 2. The zero-order valence-electron chi connectivity index (χ0n) is 11.1. The molecule has 1 aromatic heterocycles. The van der Waals surface area contributed by atoms with Crippen LogP contribution in [0.5, 0.6) is 11.6 Å². The van der Waals surface area contributed by atoms with Crippen LogP contribution < -0.4 is 20.9 Å². The summed E-state index contributed by atoms with van der Waals surface area (Å²) in [7, 11) is 0. The lowest BCUT2D eigenvalue weighted by Gasteiger charge is -2.16. The van der Waals surface area contributed by atoms with Crippen LogP contribution in [0.1, 0.15) is 38.1 Å². The standard InChI is InChI=1S/C12H19N3O3/c1-6(2)17-8-5-9(18-7(3)4)15-11(13)10(8)12(14)16/h5-7H,1-4H3,(H2,13,15)(H2,14,16). The number of hydrogen-bond acceptors (Lipinski definition) is 5. The SMILES string of the molecule is CC(C)Oc1cc(OC(C)C)c(C(N)=O)c(N)n1. The van der Waals surface area contributed by atoms with Crippen molar-refractivity contribution in [3.8, 4) is 11.6 Å². The number of nitrogens with two attached hydrogens (primary N) is 2. The van der Waals surface area contributed by atoms with Crippen LogP contribution in [0.25, 0.3) is 0 Å². The van der Waals surface area contributed by atoms with E-state index in [4.69, 9.17) is 20.9 Å². The van der Waals surface area contributed by atoms with Gasteiger partial charge in [0, 0.05) is 6.07 Å². The van der Waals surface area contributed by atoms with Gasteiger partial charge in [0.05, 0.1) is 12.2 Å². The monoisotopic (exact) mass is 253 g/mol. The first-order valence-electron chi connectivity index (χ1n) is 5.75. The summed E-state index contributed by atoms with van der Waals surface area (Å²) in [6.07, 6.45) is -0.167. The number of nitrogen functional groups attached to an aromatic ring is 1. The Labute approximate surface area is 106 Å². The van der Waals surface area contributed by atoms with Crippen LogP contribution in [-0.4, -0.2) is 23.1 Å². The Kier molecular flexibility index (Phi) is 4.36. The van der Waals surface area contributed by atoms with Crippen molar-refractivity contribution in [2.24, 2.45) is 5.73 Å². The van der Waals surface area contributed by atoms with Gasteiger partial charge >= 0.3 is 0 Å². The molecule has 0 aromatic carbocycles. The molecule has 0 saturated carbocycles. The van der Waals surface area contributed by atoms with Crippen molar-refractivity contribution < 1.29 is 14.3 Å². The normalized spacial score (nSPS) is 10.8. The minimum atomic E-state index is -0.674. The summed E-state index contributed by atoms with van der Waals surface area (Å²) in [5, 5.41) is 0. The Bertz CT molecular complexity index is 444. The Morgan fingerprint density at radius 2 is 1.78 bits per heavy atom. The zero-order valence-corrected chi connectivity index (χ0v) is 11.1. The average molecular weight is 253 g/mol. The Balaban J connectivity index is 3.23. The molecule has 4 N–H and O–H groups in total. The van der Waals surface area contributed by atoms with E-state index in [0.717, 1.165) is 0 Å². The summed E-state index contributed by atoms with van der Waals surface area (Å²) < 4.78 is 10.9. The first-order chi connectivity index (χ1) is 8.31. The quantitative estimate of drug-likeness (QED) is 0.824. The highest BCUT2D eigenvalue weighted by Gasteiger charge is 2.18. The van der Waals surface area contributed by atoms with Crippen LogP contribution in [0.3, 0.4) is 0 Å². The molecule has 6 heteroatoms. The first kappa shape index (κ1) is 14.1. The molecule has 0 atom stereocenters. The van der Waals surface area contributed by atoms with Gasteiger partial charge < -0.3 is 20.9 Å². The topological polar surface area (TPSA) is 100 Å². The second-order valence-electron chi connectivity index (χ2n) is 4.42. The lowest BCUT2D eigenvalue weighted by molar-refractivity contribution is 0.0995. The van der Waals surface area contributed by atoms with E-state index in [-0.39, 0.29) is 23.6 Å². The number of amides is 1. The van der Waals surface area contributed by atoms with Gasteiger partial charge in [-0.1, -0.05) is 0 Å². The van der Waals surface area contributed by atoms with E-state index < -0.39 is 5.91 Å². The molecule has 0 bridgehead atoms. The van der Waals surface area contributed by atoms with Gasteiger partial charge in [0.25, 0.3) is 5.91 Å². The van der Waals surface area contributed by atoms with Crippen molar-refractivity contribution in [2.45, 2.75) is 39.9 Å². The number of anilines is 1. The minimum absolute atomic E-state index is 0.0105. The molecule has 0 fully saturated rings. The van der Waals surface area contributed by atoms with Crippen molar-refractivity contribution in [3.63, 3.8) is 0 Å². The molecule has 18 heavy (non-hydrogen) atoms. The van der Waals surface area contributed by atoms with E-state index in [1.165, 1.54) is 6.07 Å². The molecule has 1 rings (SSSR count). The molecule has 0 unspecified atom stereocenters. The third kappa shape index (κ3) is 3.51. The highest BCUT2D eigenvalue weighted by Crippen LogP contribution is 2.28. The predicted molar refractivity (Wildman–Crippen MR) is 68.7 cm³/mol. The van der Waals surface area contributed by atoms with Crippen LogP contribution in [0.2, 0.25) is 0 Å². The lowest BCUT2D eigenvalue weighted by Crippen LogP contribution is -2.19. The van der Waals surface area contributed by atoms with Crippen molar-refractivity contribution >= 4 is 11.7 Å². The van der Waals surface area contributed by atoms with Gasteiger partial charge in [0.2, 0.25) is 5.88 Å². The average Bonchev–Trinajstić information content (AvgIpc) is 2.12. The van der Waals surface area contributed by atoms with Crippen LogP contribution in [-0.2, 0) is 0 Å². The van der Waals surface area contributed by atoms with Crippen molar-refractivity contribution in [2.75, 3.05) is 5.73 Å². The third-order valence-electron chi connectivity index (χ3n) is 1.95. The van der Waals surface area contributed by atoms with Crippen LogP contribution in [0.15, 0.2) is 6.07 Å². The highest BCUT2D eigenvalue weighted by atomic mass is 16.5. The molecular weight excluding hydrogens is 234 g/mol. The number of carbonyl (C=O) groups is 1. The molecule has 1 heterocycles. The molecule has 0 aliphatic carbocycles. The van der Waals surface area contributed by atoms with Gasteiger partial charge in [-0.3, -0.25) is 4.79 Å². The summed E-state index contributed by atoms with van der Waals surface area (Å²) >= 11 is 0. The fourth-order valence-corrected chi connectivity index (χ4v) is 1.41. The van der Waals surface area contributed by atoms with E-state index in [0.29, 0.717) is 11.6 Å². The van der Waals surface area contributed by atoms with E-state index in [1.54, 1.807) is 0 Å². The van der Waals surface area contributed by atoms with Crippen LogP contribution >= 0.6 is 0 Å². The minimum Gasteiger partial charge on any atom is -0.490 e. The van der Waals surface area contributed by atoms with Gasteiger partial charge in [-0.25, -0.2) is 0 Å². The number of pyridine rings is 1. The molecule has 0 radical (unpaired) electrons. The molecule has 0 aliphatic rings. The summed E-state index contributed by atoms with van der Waals surface area (Å²) in [5.74, 6) is -0.0631. The summed E-state index contributed by atoms with van der Waals surface area (Å²) in [5.41, 5.74) is 11.0. The van der Waals surface area contributed by atoms with E-state index in [1.807, 2.05) is 27.7 Å². The number of primary amides is 1. The maximum absolute atomic E-state index is 11.3. The number of nitrogens with zero attached hydrogens (tertiary/aromatic N) is 1. The van der Waals surface area contributed by atoms with Gasteiger partial charge in [-0.05, 0) is 27.7 Å². The van der Waals surface area contributed by atoms with Gasteiger partial charge in [-0.15, -0.1) is 0 Å². The molecule has 1 aromatic rings. The maximum atomic E-state index is 11.3. The zero-order chi connectivity index (χ0) is 13.9. The van der Waals surface area contributed by atoms with Crippen molar-refractivity contribution in [1.82, 2.24) is 4.98 Å². The summed E-state index contributed by atoms with van der Waals surface area (Å²) in [6, 6.07) is 1.52. The highest BCUT2D eigenvalue weighted by molar-refractivity contribution is 6.00. The molecule has 100 valence electrons. The Morgan fingerprint density at radius 3 is 2.22 bits per heavy atom. The van der Waals surface area contributed by atoms with Gasteiger partial charge in [-0.2, -0.15) is 4.98 Å². The number of ether oxygens (including phenoxy) is 2. The molecule has 0 saturated heterocycles. The number of carbonyl (C=O) groups excluding carboxylic acids is 1. The third-order valence-corrected chi connectivity index (χ3v) is 1.95. The first-order valence-corrected chi connectivity index (χ1v) is 5.75. The Hall–Kier alpha value is -1.98. The Morgan fingerprint density at radius 1 is 1.22 bits per heavy atom. The van der Waals surface area contributed by atoms with Crippen molar-refractivity contribution in [3.05, 3.63) is 11.6 Å². The lowest BCUT2D eigenvalue weighted by atomic mass is 10.2. The molecule has 0 aliphatic heterocycles. The summed E-state index contributed by atoms with van der Waals surface area (Å²) in [6.45, 7) is 7.40. The predicted octanol–water partition coefficient (Wildman–Crippen LogP) is 1.34. The number of rotatable bonds is 5. The van der Waals surface area contributed by atoms with Gasteiger partial charge in [0.1, 0.15) is 17.1 Å². The molecule has 0 spiro atoms. The maximum Gasteiger partial charge on any atom is 0.256 e. The largest absolute Gasteiger partial charge is 0.490 e. The van der Waals surface area contributed by atoms with E-state index in [9.17, 15) is 4.79 Å². The fourth-order valence-electron chi connectivity index (χ4n) is 1.41. The van der Waals surface area contributed by atoms with E-state index >= 15 is 0 Å². The molecule has 6 nitrogen and oxygen atoms in total. The van der Waals surface area contributed by atoms with Gasteiger partial charge in [0.15, 0.2) is 0 Å². The molecule has 1 amide bonds. The summed E-state index contributed by atoms with van der Waals surface area (Å²) in [4.78, 5) is 15.3. The molecular formula is C12H19N3O3. The second kappa shape index (κ2) is 5.57.